The van der Waals surface area contributed by atoms with E-state index in [1.165, 1.54) is 0 Å². The molecule has 2 amide bonds. The number of carbonyl (C=O) groups excluding carboxylic acids is 1. The standard InChI is InChI=1S/C14H25N3O4/c1-14(12(18)19)9-21-8-11(14)16-13(20)15-6-10-4-3-5-17(2)7-10/h10-11H,3-9H2,1-2H3,(H,18,19)(H2,15,16,20). The molecule has 0 aromatic rings. The van der Waals surface area contributed by atoms with Gasteiger partial charge in [0, 0.05) is 13.1 Å². The second-order valence-corrected chi connectivity index (χ2v) is 6.42. The summed E-state index contributed by atoms with van der Waals surface area (Å²) in [5, 5.41) is 14.8. The lowest BCUT2D eigenvalue weighted by Crippen LogP contribution is -2.53. The summed E-state index contributed by atoms with van der Waals surface area (Å²) in [7, 11) is 2.08. The van der Waals surface area contributed by atoms with Crippen LogP contribution in [0.1, 0.15) is 19.8 Å². The number of likely N-dealkylation sites (tertiary alicyclic amines) is 1. The van der Waals surface area contributed by atoms with Crippen molar-refractivity contribution >= 4 is 12.0 Å². The molecule has 0 spiro atoms. The number of ether oxygens (including phenoxy) is 1. The van der Waals surface area contributed by atoms with Crippen LogP contribution in [0.15, 0.2) is 0 Å². The Balaban J connectivity index is 1.78. The highest BCUT2D eigenvalue weighted by Gasteiger charge is 2.47. The van der Waals surface area contributed by atoms with Gasteiger partial charge in [-0.05, 0) is 39.3 Å². The maximum absolute atomic E-state index is 11.9. The number of carboxylic acids is 1. The molecular weight excluding hydrogens is 274 g/mol. The van der Waals surface area contributed by atoms with E-state index in [-0.39, 0.29) is 19.2 Å². The number of rotatable bonds is 4. The molecule has 3 N–H and O–H groups in total. The minimum absolute atomic E-state index is 0.126. The maximum Gasteiger partial charge on any atom is 0.315 e. The lowest BCUT2D eigenvalue weighted by molar-refractivity contribution is -0.148. The van der Waals surface area contributed by atoms with Crippen molar-refractivity contribution in [2.75, 3.05) is 39.9 Å². The summed E-state index contributed by atoms with van der Waals surface area (Å²) in [6, 6.07) is -0.810. The van der Waals surface area contributed by atoms with Gasteiger partial charge >= 0.3 is 12.0 Å². The second kappa shape index (κ2) is 6.62. The van der Waals surface area contributed by atoms with E-state index >= 15 is 0 Å². The first-order valence-electron chi connectivity index (χ1n) is 7.46. The third-order valence-electron chi connectivity index (χ3n) is 4.52. The van der Waals surface area contributed by atoms with Gasteiger partial charge in [0.25, 0.3) is 0 Å². The van der Waals surface area contributed by atoms with Crippen LogP contribution in [0.2, 0.25) is 0 Å². The summed E-state index contributed by atoms with van der Waals surface area (Å²) < 4.78 is 5.21. The van der Waals surface area contributed by atoms with Gasteiger partial charge in [0.15, 0.2) is 0 Å². The number of aliphatic carboxylic acids is 1. The van der Waals surface area contributed by atoms with Crippen molar-refractivity contribution in [2.45, 2.75) is 25.8 Å². The Kier molecular flexibility index (Phi) is 5.05. The summed E-state index contributed by atoms with van der Waals surface area (Å²) >= 11 is 0. The van der Waals surface area contributed by atoms with Crippen LogP contribution in [0.5, 0.6) is 0 Å². The van der Waals surface area contributed by atoms with E-state index in [0.717, 1.165) is 25.9 Å². The van der Waals surface area contributed by atoms with Gasteiger partial charge in [-0.25, -0.2) is 4.79 Å². The van der Waals surface area contributed by atoms with E-state index in [4.69, 9.17) is 4.74 Å². The molecule has 3 unspecified atom stereocenters. The van der Waals surface area contributed by atoms with Crippen LogP contribution >= 0.6 is 0 Å². The fraction of sp³-hybridized carbons (Fsp3) is 0.857. The molecule has 0 aliphatic carbocycles. The number of carboxylic acid groups (broad SMARTS) is 1. The van der Waals surface area contributed by atoms with Crippen LogP contribution in [0.4, 0.5) is 4.79 Å². The van der Waals surface area contributed by atoms with Gasteiger partial charge in [0.05, 0.1) is 19.3 Å². The first kappa shape index (κ1) is 16.0. The quantitative estimate of drug-likeness (QED) is 0.686. The Hall–Kier alpha value is -1.34. The molecule has 2 rings (SSSR count). The average molecular weight is 299 g/mol. The van der Waals surface area contributed by atoms with Crippen LogP contribution in [0, 0.1) is 11.3 Å². The molecule has 2 fully saturated rings. The number of carbonyl (C=O) groups is 2. The van der Waals surface area contributed by atoms with E-state index < -0.39 is 17.4 Å². The third kappa shape index (κ3) is 3.85. The van der Waals surface area contributed by atoms with Crippen molar-refractivity contribution < 1.29 is 19.4 Å². The van der Waals surface area contributed by atoms with Gasteiger partial charge in [-0.15, -0.1) is 0 Å². The lowest BCUT2D eigenvalue weighted by atomic mass is 9.85. The number of nitrogens with zero attached hydrogens (tertiary/aromatic N) is 1. The number of hydrogen-bond donors (Lipinski definition) is 3. The number of urea groups is 1. The summed E-state index contributed by atoms with van der Waals surface area (Å²) in [6.45, 7) is 4.68. The SMILES string of the molecule is CN1CCCC(CNC(=O)NC2COCC2(C)C(=O)O)C1. The zero-order valence-electron chi connectivity index (χ0n) is 12.7. The molecule has 2 aliphatic rings. The molecule has 7 heteroatoms. The van der Waals surface area contributed by atoms with Gasteiger partial charge < -0.3 is 25.4 Å². The summed E-state index contributed by atoms with van der Waals surface area (Å²) in [6.07, 6.45) is 2.27. The van der Waals surface area contributed by atoms with Crippen LogP contribution in [-0.4, -0.2) is 67.9 Å². The molecule has 0 saturated carbocycles. The summed E-state index contributed by atoms with van der Waals surface area (Å²) in [4.78, 5) is 25.5. The summed E-state index contributed by atoms with van der Waals surface area (Å²) in [5.74, 6) is -0.487. The zero-order valence-corrected chi connectivity index (χ0v) is 12.7. The second-order valence-electron chi connectivity index (χ2n) is 6.42. The van der Waals surface area contributed by atoms with Crippen molar-refractivity contribution in [1.29, 1.82) is 0 Å². The molecule has 120 valence electrons. The predicted octanol–water partition coefficient (Wildman–Crippen LogP) is 0.117. The van der Waals surface area contributed by atoms with Crippen LogP contribution in [0.3, 0.4) is 0 Å². The Bertz CT molecular complexity index is 404. The van der Waals surface area contributed by atoms with Gasteiger partial charge in [0.1, 0.15) is 5.41 Å². The van der Waals surface area contributed by atoms with Gasteiger partial charge in [-0.3, -0.25) is 4.79 Å². The molecule has 0 radical (unpaired) electrons. The van der Waals surface area contributed by atoms with E-state index in [1.54, 1.807) is 6.92 Å². The Morgan fingerprint density at radius 1 is 1.48 bits per heavy atom. The number of piperidine rings is 1. The zero-order chi connectivity index (χ0) is 15.5. The number of nitrogens with one attached hydrogen (secondary N) is 2. The van der Waals surface area contributed by atoms with E-state index in [0.29, 0.717) is 12.5 Å². The monoisotopic (exact) mass is 299 g/mol. The van der Waals surface area contributed by atoms with E-state index in [1.807, 2.05) is 0 Å². The molecule has 0 aromatic carbocycles. The minimum Gasteiger partial charge on any atom is -0.481 e. The van der Waals surface area contributed by atoms with Gasteiger partial charge in [-0.2, -0.15) is 0 Å². The Morgan fingerprint density at radius 3 is 2.90 bits per heavy atom. The van der Waals surface area contributed by atoms with Gasteiger partial charge in [-0.1, -0.05) is 0 Å². The lowest BCUT2D eigenvalue weighted by Gasteiger charge is -2.30. The Labute approximate surface area is 125 Å². The molecular formula is C14H25N3O4. The molecule has 21 heavy (non-hydrogen) atoms. The van der Waals surface area contributed by atoms with E-state index in [9.17, 15) is 14.7 Å². The van der Waals surface area contributed by atoms with Crippen molar-refractivity contribution in [1.82, 2.24) is 15.5 Å². The maximum atomic E-state index is 11.9. The normalized spacial score (nSPS) is 33.6. The first-order chi connectivity index (χ1) is 9.91. The van der Waals surface area contributed by atoms with Crippen molar-refractivity contribution in [3.05, 3.63) is 0 Å². The van der Waals surface area contributed by atoms with Crippen molar-refractivity contribution in [3.8, 4) is 0 Å². The summed E-state index contributed by atoms with van der Waals surface area (Å²) in [5.41, 5.74) is -1.05. The van der Waals surface area contributed by atoms with Crippen LogP contribution < -0.4 is 10.6 Å². The smallest absolute Gasteiger partial charge is 0.315 e. The fourth-order valence-corrected chi connectivity index (χ4v) is 2.97. The number of hydrogen-bond acceptors (Lipinski definition) is 4. The molecule has 3 atom stereocenters. The predicted molar refractivity (Wildman–Crippen MR) is 77.1 cm³/mol. The largest absolute Gasteiger partial charge is 0.481 e. The van der Waals surface area contributed by atoms with E-state index in [2.05, 4.69) is 22.6 Å². The molecule has 0 bridgehead atoms. The number of amides is 2. The average Bonchev–Trinajstić information content (AvgIpc) is 2.79. The molecule has 0 aromatic heterocycles. The Morgan fingerprint density at radius 2 is 2.24 bits per heavy atom. The first-order valence-corrected chi connectivity index (χ1v) is 7.46. The molecule has 2 heterocycles. The molecule has 2 saturated heterocycles. The van der Waals surface area contributed by atoms with Crippen molar-refractivity contribution in [2.24, 2.45) is 11.3 Å². The highest BCUT2D eigenvalue weighted by Crippen LogP contribution is 2.28. The minimum atomic E-state index is -1.05. The highest BCUT2D eigenvalue weighted by molar-refractivity contribution is 5.79. The highest BCUT2D eigenvalue weighted by atomic mass is 16.5. The molecule has 7 nitrogen and oxygen atoms in total. The van der Waals surface area contributed by atoms with Crippen molar-refractivity contribution in [3.63, 3.8) is 0 Å². The van der Waals surface area contributed by atoms with Gasteiger partial charge in [0.2, 0.25) is 0 Å². The topological polar surface area (TPSA) is 90.9 Å². The molecule has 2 aliphatic heterocycles. The third-order valence-corrected chi connectivity index (χ3v) is 4.52. The van der Waals surface area contributed by atoms with Crippen LogP contribution in [0.25, 0.3) is 0 Å². The van der Waals surface area contributed by atoms with Crippen LogP contribution in [-0.2, 0) is 9.53 Å². The fourth-order valence-electron chi connectivity index (χ4n) is 2.97.